The summed E-state index contributed by atoms with van der Waals surface area (Å²) in [4.78, 5) is 0. The Morgan fingerprint density at radius 3 is 2.48 bits per heavy atom. The second-order valence-corrected chi connectivity index (χ2v) is 6.52. The number of halogens is 4. The molecule has 0 aromatic heterocycles. The number of methoxy groups -OCH3 is 1. The van der Waals surface area contributed by atoms with Crippen LogP contribution >= 0.6 is 43.5 Å². The van der Waals surface area contributed by atoms with E-state index in [0.29, 0.717) is 15.1 Å². The molecule has 112 valence electrons. The van der Waals surface area contributed by atoms with Crippen molar-refractivity contribution in [2.75, 3.05) is 14.2 Å². The summed E-state index contributed by atoms with van der Waals surface area (Å²) in [5.74, 6) is 0.403. The Kier molecular flexibility index (Phi) is 5.66. The maximum absolute atomic E-state index is 14.2. The first kappa shape index (κ1) is 16.7. The number of rotatable bonds is 4. The van der Waals surface area contributed by atoms with E-state index >= 15 is 0 Å². The van der Waals surface area contributed by atoms with E-state index in [-0.39, 0.29) is 11.9 Å². The van der Waals surface area contributed by atoms with Gasteiger partial charge in [0.05, 0.1) is 22.6 Å². The van der Waals surface area contributed by atoms with Crippen LogP contribution in [0.4, 0.5) is 4.39 Å². The molecule has 1 atom stereocenters. The second-order valence-electron chi connectivity index (χ2n) is 4.40. The van der Waals surface area contributed by atoms with Gasteiger partial charge in [-0.1, -0.05) is 17.7 Å². The molecule has 1 unspecified atom stereocenters. The third-order valence-electron chi connectivity index (χ3n) is 3.15. The zero-order valence-electron chi connectivity index (χ0n) is 11.4. The van der Waals surface area contributed by atoms with Crippen molar-refractivity contribution in [3.05, 3.63) is 61.2 Å². The summed E-state index contributed by atoms with van der Waals surface area (Å²) in [7, 11) is 3.38. The lowest BCUT2D eigenvalue weighted by atomic mass is 9.98. The van der Waals surface area contributed by atoms with Gasteiger partial charge in [-0.3, -0.25) is 0 Å². The van der Waals surface area contributed by atoms with Gasteiger partial charge in [0.1, 0.15) is 11.6 Å². The lowest BCUT2D eigenvalue weighted by Gasteiger charge is -2.19. The fourth-order valence-electron chi connectivity index (χ4n) is 2.12. The van der Waals surface area contributed by atoms with E-state index in [4.69, 9.17) is 16.3 Å². The number of nitrogens with one attached hydrogen (secondary N) is 1. The van der Waals surface area contributed by atoms with Crippen molar-refractivity contribution in [2.45, 2.75) is 6.04 Å². The van der Waals surface area contributed by atoms with Crippen LogP contribution in [0.3, 0.4) is 0 Å². The lowest BCUT2D eigenvalue weighted by molar-refractivity contribution is 0.412. The summed E-state index contributed by atoms with van der Waals surface area (Å²) >= 11 is 12.7. The van der Waals surface area contributed by atoms with E-state index in [1.807, 2.05) is 18.2 Å². The smallest absolute Gasteiger partial charge is 0.133 e. The number of hydrogen-bond donors (Lipinski definition) is 1. The molecule has 0 saturated carbocycles. The van der Waals surface area contributed by atoms with Crippen LogP contribution in [0, 0.1) is 5.82 Å². The molecule has 0 bridgehead atoms. The fraction of sp³-hybridized carbons (Fsp3) is 0.200. The quantitative estimate of drug-likeness (QED) is 0.654. The van der Waals surface area contributed by atoms with E-state index in [2.05, 4.69) is 37.2 Å². The van der Waals surface area contributed by atoms with Crippen molar-refractivity contribution < 1.29 is 9.13 Å². The highest BCUT2D eigenvalue weighted by Crippen LogP contribution is 2.34. The average Bonchev–Trinajstić information content (AvgIpc) is 2.45. The van der Waals surface area contributed by atoms with Crippen molar-refractivity contribution in [1.29, 1.82) is 0 Å². The largest absolute Gasteiger partial charge is 0.496 e. The summed E-state index contributed by atoms with van der Waals surface area (Å²) in [5.41, 5.74) is 1.39. The molecule has 21 heavy (non-hydrogen) atoms. The van der Waals surface area contributed by atoms with Gasteiger partial charge < -0.3 is 10.1 Å². The van der Waals surface area contributed by atoms with E-state index in [9.17, 15) is 4.39 Å². The molecule has 1 N–H and O–H groups in total. The first-order chi connectivity index (χ1) is 9.97. The van der Waals surface area contributed by atoms with Gasteiger partial charge >= 0.3 is 0 Å². The maximum Gasteiger partial charge on any atom is 0.133 e. The molecule has 0 saturated heterocycles. The van der Waals surface area contributed by atoms with Gasteiger partial charge in [-0.2, -0.15) is 0 Å². The normalized spacial score (nSPS) is 12.3. The van der Waals surface area contributed by atoms with Crippen LogP contribution in [0.1, 0.15) is 17.2 Å². The van der Waals surface area contributed by atoms with E-state index < -0.39 is 0 Å². The second kappa shape index (κ2) is 7.09. The van der Waals surface area contributed by atoms with Crippen molar-refractivity contribution in [3.63, 3.8) is 0 Å². The summed E-state index contributed by atoms with van der Waals surface area (Å²) in [5, 5.41) is 3.58. The average molecular weight is 438 g/mol. The van der Waals surface area contributed by atoms with Crippen LogP contribution in [0.25, 0.3) is 0 Å². The Morgan fingerprint density at radius 2 is 1.90 bits per heavy atom. The Hall–Kier alpha value is -0.620. The van der Waals surface area contributed by atoms with Crippen molar-refractivity contribution in [3.8, 4) is 5.75 Å². The highest BCUT2D eigenvalue weighted by Gasteiger charge is 2.19. The van der Waals surface area contributed by atoms with Gasteiger partial charge in [0.2, 0.25) is 0 Å². The van der Waals surface area contributed by atoms with Crippen LogP contribution < -0.4 is 10.1 Å². The molecule has 2 aromatic carbocycles. The molecule has 0 aliphatic carbocycles. The molecule has 0 radical (unpaired) electrons. The topological polar surface area (TPSA) is 21.3 Å². The molecule has 6 heteroatoms. The predicted octanol–water partition coefficient (Wildman–Crippen LogP) is 5.32. The molecule has 2 nitrogen and oxygen atoms in total. The molecular weight excluding hydrogens is 424 g/mol. The fourth-order valence-corrected chi connectivity index (χ4v) is 3.17. The Bertz CT molecular complexity index is 666. The highest BCUT2D eigenvalue weighted by molar-refractivity contribution is 9.10. The monoisotopic (exact) mass is 435 g/mol. The summed E-state index contributed by atoms with van der Waals surface area (Å²) in [6.45, 7) is 0. The molecule has 0 aliphatic heterocycles. The van der Waals surface area contributed by atoms with Crippen LogP contribution in [0.2, 0.25) is 5.02 Å². The minimum Gasteiger partial charge on any atom is -0.496 e. The minimum absolute atomic E-state index is 0.308. The van der Waals surface area contributed by atoms with Gasteiger partial charge in [0.25, 0.3) is 0 Å². The molecule has 0 heterocycles. The van der Waals surface area contributed by atoms with Gasteiger partial charge in [0, 0.05) is 10.0 Å². The molecule has 2 rings (SSSR count). The van der Waals surface area contributed by atoms with Crippen molar-refractivity contribution >= 4 is 43.5 Å². The minimum atomic E-state index is -0.322. The zero-order chi connectivity index (χ0) is 15.6. The van der Waals surface area contributed by atoms with Crippen molar-refractivity contribution in [1.82, 2.24) is 5.32 Å². The number of ether oxygens (including phenoxy) is 1. The van der Waals surface area contributed by atoms with E-state index in [0.717, 1.165) is 15.8 Å². The molecule has 0 fully saturated rings. The Labute approximate surface area is 144 Å². The third kappa shape index (κ3) is 3.59. The van der Waals surface area contributed by atoms with Gasteiger partial charge in [0.15, 0.2) is 0 Å². The molecule has 0 aliphatic rings. The van der Waals surface area contributed by atoms with Crippen LogP contribution in [0.5, 0.6) is 5.75 Å². The predicted molar refractivity (Wildman–Crippen MR) is 90.7 cm³/mol. The van der Waals surface area contributed by atoms with Gasteiger partial charge in [-0.15, -0.1) is 0 Å². The Morgan fingerprint density at radius 1 is 1.19 bits per heavy atom. The Balaban J connectivity index is 2.49. The van der Waals surface area contributed by atoms with Crippen LogP contribution in [-0.2, 0) is 0 Å². The van der Waals surface area contributed by atoms with E-state index in [1.54, 1.807) is 20.2 Å². The van der Waals surface area contributed by atoms with E-state index in [1.165, 1.54) is 6.07 Å². The first-order valence-electron chi connectivity index (χ1n) is 6.13. The van der Waals surface area contributed by atoms with Gasteiger partial charge in [-0.05, 0) is 68.7 Å². The van der Waals surface area contributed by atoms with Crippen LogP contribution in [-0.4, -0.2) is 14.2 Å². The van der Waals surface area contributed by atoms with Gasteiger partial charge in [-0.25, -0.2) is 4.39 Å². The molecule has 2 aromatic rings. The summed E-state index contributed by atoms with van der Waals surface area (Å²) in [6, 6.07) is 8.32. The number of benzene rings is 2. The van der Waals surface area contributed by atoms with Crippen molar-refractivity contribution in [2.24, 2.45) is 0 Å². The maximum atomic E-state index is 14.2. The zero-order valence-corrected chi connectivity index (χ0v) is 15.3. The molecule has 0 spiro atoms. The molecule has 0 amide bonds. The SMILES string of the molecule is CNC(c1ccc(OC)c(Br)c1)c1cc(Cl)c(Br)cc1F. The molecular formula is C15H13Br2ClFNO. The standard InChI is InChI=1S/C15H13Br2ClFNO/c1-20-15(8-3-4-14(21-2)11(17)5-8)9-6-12(18)10(16)7-13(9)19/h3-7,15,20H,1-2H3. The summed E-state index contributed by atoms with van der Waals surface area (Å²) in [6.07, 6.45) is 0. The van der Waals surface area contributed by atoms with Crippen LogP contribution in [0.15, 0.2) is 39.3 Å². The highest BCUT2D eigenvalue weighted by atomic mass is 79.9. The summed E-state index contributed by atoms with van der Waals surface area (Å²) < 4.78 is 20.8. The third-order valence-corrected chi connectivity index (χ3v) is 4.97. The number of hydrogen-bond acceptors (Lipinski definition) is 2. The lowest BCUT2D eigenvalue weighted by Crippen LogP contribution is -2.19. The first-order valence-corrected chi connectivity index (χ1v) is 8.09.